The molecule has 1 aromatic carbocycles. The second-order valence-corrected chi connectivity index (χ2v) is 9.86. The Bertz CT molecular complexity index is 957. The Morgan fingerprint density at radius 2 is 1.95 bits per heavy atom. The third-order valence-electron chi connectivity index (χ3n) is 6.05. The fourth-order valence-corrected chi connectivity index (χ4v) is 3.91. The van der Waals surface area contributed by atoms with Crippen LogP contribution in [0.25, 0.3) is 0 Å². The molecule has 0 spiro atoms. The van der Waals surface area contributed by atoms with Crippen LogP contribution in [0.1, 0.15) is 46.1 Å². The second-order valence-electron chi connectivity index (χ2n) is 9.86. The van der Waals surface area contributed by atoms with Gasteiger partial charge in [0.1, 0.15) is 11.9 Å². The number of carbonyl (C=O) groups excluding carboxylic acids is 3. The Kier molecular flexibility index (Phi) is 10.6. The number of hydrogen-bond acceptors (Lipinski definition) is 5. The number of fused-ring (bicyclic) bond motifs is 1. The lowest BCUT2D eigenvalue weighted by atomic mass is 10.0. The maximum atomic E-state index is 13.2. The van der Waals surface area contributed by atoms with Crippen molar-refractivity contribution < 1.29 is 37.4 Å². The molecule has 0 aromatic heterocycles. The van der Waals surface area contributed by atoms with Gasteiger partial charge in [-0.1, -0.05) is 6.92 Å². The Labute approximate surface area is 215 Å². The molecule has 37 heavy (non-hydrogen) atoms. The van der Waals surface area contributed by atoms with E-state index in [1.807, 2.05) is 20.8 Å². The summed E-state index contributed by atoms with van der Waals surface area (Å²) in [6, 6.07) is 3.75. The highest BCUT2D eigenvalue weighted by Gasteiger charge is 2.32. The molecule has 9 nitrogen and oxygen atoms in total. The van der Waals surface area contributed by atoms with E-state index in [9.17, 15) is 32.7 Å². The van der Waals surface area contributed by atoms with Crippen molar-refractivity contribution in [1.29, 1.82) is 0 Å². The number of nitrogens with zero attached hydrogens (tertiary/aromatic N) is 2. The number of alkyl halides is 3. The molecular weight excluding hydrogens is 493 g/mol. The number of nitrogens with one attached hydrogen (secondary N) is 2. The quantitative estimate of drug-likeness (QED) is 0.478. The molecule has 0 fully saturated rings. The van der Waals surface area contributed by atoms with Crippen LogP contribution in [0.4, 0.5) is 23.7 Å². The van der Waals surface area contributed by atoms with Crippen LogP contribution in [0.3, 0.4) is 0 Å². The molecule has 2 rings (SSSR count). The molecule has 0 saturated heterocycles. The number of anilines is 1. The van der Waals surface area contributed by atoms with E-state index in [-0.39, 0.29) is 55.7 Å². The highest BCUT2D eigenvalue weighted by Crippen LogP contribution is 2.29. The average molecular weight is 531 g/mol. The van der Waals surface area contributed by atoms with Crippen LogP contribution in [-0.2, 0) is 16.0 Å². The van der Waals surface area contributed by atoms with E-state index in [2.05, 4.69) is 10.6 Å². The standard InChI is InChI=1S/C25H37F3N4O5/c1-15(2)29-24(36)31(5)13-21-16(3)12-32(17(4)14-33)23(35)11-18-10-19(6-7-20(18)37-21)30-22(34)8-9-25(26,27)28/h6-7,10,15-17,21,33H,8-9,11-14H2,1-5H3,(H,29,36)(H,30,34)/t16-,17+,21-/m1/s1. The SMILES string of the molecule is CC(C)NC(=O)N(C)C[C@H]1Oc2ccc(NC(=O)CCC(F)(F)F)cc2CC(=O)N([C@@H](C)CO)C[C@H]1C. The molecule has 0 bridgehead atoms. The molecule has 0 saturated carbocycles. The van der Waals surface area contributed by atoms with E-state index in [0.29, 0.717) is 11.3 Å². The first kappa shape index (κ1) is 30.2. The molecular formula is C25H37F3N4O5. The molecule has 0 unspecified atom stereocenters. The summed E-state index contributed by atoms with van der Waals surface area (Å²) >= 11 is 0. The van der Waals surface area contributed by atoms with Gasteiger partial charge in [-0.05, 0) is 39.0 Å². The lowest BCUT2D eigenvalue weighted by molar-refractivity contribution is -0.142. The van der Waals surface area contributed by atoms with Gasteiger partial charge in [-0.2, -0.15) is 13.2 Å². The summed E-state index contributed by atoms with van der Waals surface area (Å²) in [5.41, 5.74) is 0.670. The Morgan fingerprint density at radius 1 is 1.27 bits per heavy atom. The number of ether oxygens (including phenoxy) is 1. The third-order valence-corrected chi connectivity index (χ3v) is 6.05. The fourth-order valence-electron chi connectivity index (χ4n) is 3.91. The number of carbonyl (C=O) groups is 3. The Balaban J connectivity index is 2.34. The van der Waals surface area contributed by atoms with Gasteiger partial charge in [-0.25, -0.2) is 4.79 Å². The molecule has 3 N–H and O–H groups in total. The number of benzene rings is 1. The van der Waals surface area contributed by atoms with Gasteiger partial charge in [0.05, 0.1) is 32.0 Å². The van der Waals surface area contributed by atoms with Gasteiger partial charge in [-0.3, -0.25) is 9.59 Å². The van der Waals surface area contributed by atoms with Crippen molar-refractivity contribution in [2.24, 2.45) is 5.92 Å². The van der Waals surface area contributed by atoms with Gasteiger partial charge in [0.2, 0.25) is 11.8 Å². The van der Waals surface area contributed by atoms with Gasteiger partial charge < -0.3 is 30.3 Å². The summed E-state index contributed by atoms with van der Waals surface area (Å²) in [6.45, 7) is 7.55. The minimum atomic E-state index is -4.44. The van der Waals surface area contributed by atoms with Gasteiger partial charge in [0.25, 0.3) is 0 Å². The zero-order chi connectivity index (χ0) is 27.9. The van der Waals surface area contributed by atoms with Crippen LogP contribution in [0.15, 0.2) is 18.2 Å². The van der Waals surface area contributed by atoms with E-state index >= 15 is 0 Å². The topological polar surface area (TPSA) is 111 Å². The molecule has 1 heterocycles. The second kappa shape index (κ2) is 13.0. The number of rotatable bonds is 8. The lowest BCUT2D eigenvalue weighted by Crippen LogP contribution is -2.49. The first-order chi connectivity index (χ1) is 17.2. The molecule has 0 radical (unpaired) electrons. The maximum Gasteiger partial charge on any atom is 0.389 e. The van der Waals surface area contributed by atoms with Gasteiger partial charge in [-0.15, -0.1) is 0 Å². The zero-order valence-electron chi connectivity index (χ0n) is 21.9. The van der Waals surface area contributed by atoms with E-state index in [1.165, 1.54) is 17.0 Å². The van der Waals surface area contributed by atoms with Crippen LogP contribution in [0.2, 0.25) is 0 Å². The van der Waals surface area contributed by atoms with Crippen molar-refractivity contribution in [2.45, 2.75) is 71.3 Å². The van der Waals surface area contributed by atoms with E-state index in [0.717, 1.165) is 0 Å². The summed E-state index contributed by atoms with van der Waals surface area (Å²) in [7, 11) is 1.64. The smallest absolute Gasteiger partial charge is 0.389 e. The largest absolute Gasteiger partial charge is 0.488 e. The summed E-state index contributed by atoms with van der Waals surface area (Å²) < 4.78 is 43.7. The molecule has 1 aromatic rings. The van der Waals surface area contributed by atoms with E-state index in [1.54, 1.807) is 24.9 Å². The number of likely N-dealkylation sites (N-methyl/N-ethyl adjacent to an activating group) is 1. The zero-order valence-corrected chi connectivity index (χ0v) is 21.9. The van der Waals surface area contributed by atoms with Crippen LogP contribution < -0.4 is 15.4 Å². The number of aliphatic hydroxyl groups excluding tert-OH is 1. The van der Waals surface area contributed by atoms with Crippen molar-refractivity contribution in [1.82, 2.24) is 15.1 Å². The van der Waals surface area contributed by atoms with E-state index in [4.69, 9.17) is 4.74 Å². The predicted octanol–water partition coefficient (Wildman–Crippen LogP) is 3.17. The van der Waals surface area contributed by atoms with E-state index < -0.39 is 37.1 Å². The van der Waals surface area contributed by atoms with Crippen molar-refractivity contribution in [3.05, 3.63) is 23.8 Å². The molecule has 3 atom stereocenters. The highest BCUT2D eigenvalue weighted by molar-refractivity contribution is 5.91. The first-order valence-corrected chi connectivity index (χ1v) is 12.3. The molecule has 0 aliphatic carbocycles. The number of hydrogen-bond donors (Lipinski definition) is 3. The van der Waals surface area contributed by atoms with Crippen LogP contribution in [0, 0.1) is 5.92 Å². The van der Waals surface area contributed by atoms with Gasteiger partial charge >= 0.3 is 12.2 Å². The number of amides is 4. The highest BCUT2D eigenvalue weighted by atomic mass is 19.4. The molecule has 4 amide bonds. The molecule has 208 valence electrons. The van der Waals surface area contributed by atoms with Crippen molar-refractivity contribution >= 4 is 23.5 Å². The molecule has 1 aliphatic rings. The molecule has 1 aliphatic heterocycles. The summed E-state index contributed by atoms with van der Waals surface area (Å²) in [5, 5.41) is 15.0. The van der Waals surface area contributed by atoms with Crippen molar-refractivity contribution in [3.63, 3.8) is 0 Å². The summed E-state index contributed by atoms with van der Waals surface area (Å²) in [6.07, 6.45) is -7.03. The van der Waals surface area contributed by atoms with Crippen LogP contribution in [0.5, 0.6) is 5.75 Å². The van der Waals surface area contributed by atoms with Gasteiger partial charge in [0.15, 0.2) is 0 Å². The minimum absolute atomic E-state index is 0.0576. The monoisotopic (exact) mass is 530 g/mol. The van der Waals surface area contributed by atoms with Crippen LogP contribution >= 0.6 is 0 Å². The number of halogens is 3. The maximum absolute atomic E-state index is 13.2. The molecule has 12 heteroatoms. The normalized spacial score (nSPS) is 19.2. The first-order valence-electron chi connectivity index (χ1n) is 12.3. The van der Waals surface area contributed by atoms with Crippen LogP contribution in [-0.4, -0.2) is 83.9 Å². The minimum Gasteiger partial charge on any atom is -0.488 e. The summed E-state index contributed by atoms with van der Waals surface area (Å²) in [4.78, 5) is 40.8. The Morgan fingerprint density at radius 3 is 2.54 bits per heavy atom. The summed E-state index contributed by atoms with van der Waals surface area (Å²) in [5.74, 6) is -0.924. The lowest BCUT2D eigenvalue weighted by Gasteiger charge is -2.34. The van der Waals surface area contributed by atoms with Crippen molar-refractivity contribution in [2.75, 3.05) is 32.1 Å². The average Bonchev–Trinajstić information content (AvgIpc) is 2.84. The third kappa shape index (κ3) is 9.42. The fraction of sp³-hybridized carbons (Fsp3) is 0.640. The van der Waals surface area contributed by atoms with Gasteiger partial charge in [0, 0.05) is 43.2 Å². The van der Waals surface area contributed by atoms with Crippen molar-refractivity contribution in [3.8, 4) is 5.75 Å². The number of aliphatic hydroxyl groups is 1. The Hall–Kier alpha value is -3.02. The predicted molar refractivity (Wildman–Crippen MR) is 132 cm³/mol. The number of urea groups is 1.